The van der Waals surface area contributed by atoms with Gasteiger partial charge in [0.1, 0.15) is 23.6 Å². The van der Waals surface area contributed by atoms with Gasteiger partial charge < -0.3 is 20.7 Å². The van der Waals surface area contributed by atoms with Crippen molar-refractivity contribution in [3.63, 3.8) is 0 Å². The average molecular weight is 432 g/mol. The molecular weight excluding hydrogens is 410 g/mol. The number of nitrogens with zero attached hydrogens (tertiary/aromatic N) is 3. The number of carbonyl (C=O) groups is 2. The number of alkyl carbamates (subject to hydrolysis) is 1. The summed E-state index contributed by atoms with van der Waals surface area (Å²) in [5.74, 6) is 0.0473. The van der Waals surface area contributed by atoms with Gasteiger partial charge in [0.25, 0.3) is 0 Å². The molecule has 3 aromatic rings. The number of hydrogen-bond donors (Lipinski definition) is 4. The van der Waals surface area contributed by atoms with Crippen molar-refractivity contribution in [2.75, 3.05) is 17.2 Å². The molecule has 0 saturated heterocycles. The lowest BCUT2D eigenvalue weighted by Crippen LogP contribution is -2.47. The van der Waals surface area contributed by atoms with Crippen LogP contribution in [0.5, 0.6) is 0 Å². The van der Waals surface area contributed by atoms with E-state index in [0.717, 1.165) is 0 Å². The van der Waals surface area contributed by atoms with Gasteiger partial charge in [-0.25, -0.2) is 14.8 Å². The number of aromatic amines is 1. The smallest absolute Gasteiger partial charge is 0.407 e. The van der Waals surface area contributed by atoms with Gasteiger partial charge in [0.2, 0.25) is 5.91 Å². The summed E-state index contributed by atoms with van der Waals surface area (Å²) in [4.78, 5) is 33.0. The number of carbonyl (C=O) groups excluding carboxylic acids is 2. The monoisotopic (exact) mass is 431 g/mol. The number of hydrogen-bond acceptors (Lipinski definition) is 7. The predicted octanol–water partition coefficient (Wildman–Crippen LogP) is 3.46. The van der Waals surface area contributed by atoms with Crippen LogP contribution in [0, 0.1) is 5.92 Å². The maximum absolute atomic E-state index is 12.8. The highest BCUT2D eigenvalue weighted by Gasteiger charge is 2.26. The molecule has 0 bridgehead atoms. The molecular formula is C19H22ClN7O3. The Morgan fingerprint density at radius 1 is 1.23 bits per heavy atom. The van der Waals surface area contributed by atoms with Gasteiger partial charge in [0.05, 0.1) is 6.61 Å². The maximum atomic E-state index is 12.8. The fourth-order valence-corrected chi connectivity index (χ4v) is 2.97. The zero-order valence-electron chi connectivity index (χ0n) is 16.7. The summed E-state index contributed by atoms with van der Waals surface area (Å²) in [5.41, 5.74) is 1.15. The highest BCUT2D eigenvalue weighted by Crippen LogP contribution is 2.28. The summed E-state index contributed by atoms with van der Waals surface area (Å²) in [6.07, 6.45) is 0.711. The second-order valence-electron chi connectivity index (χ2n) is 6.73. The highest BCUT2D eigenvalue weighted by atomic mass is 35.5. The van der Waals surface area contributed by atoms with E-state index in [1.165, 1.54) is 6.33 Å². The van der Waals surface area contributed by atoms with Gasteiger partial charge in [-0.15, -0.1) is 0 Å². The number of aromatic nitrogens is 4. The third-order valence-electron chi connectivity index (χ3n) is 4.18. The van der Waals surface area contributed by atoms with Gasteiger partial charge >= 0.3 is 6.09 Å². The van der Waals surface area contributed by atoms with Gasteiger partial charge in [-0.05, 0) is 31.0 Å². The summed E-state index contributed by atoms with van der Waals surface area (Å²) in [6, 6.07) is 6.32. The number of rotatable bonds is 7. The standard InChI is InChI=1S/C19H22ClN7O3/c1-4-30-19(29)24-14(10(2)3)18(28)25-17-13-15(21-9-22-16(13)26-27-17)23-12-7-5-6-11(20)8-12/h5-10,14H,4H2,1-3H3,(H,24,29)(H3,21,22,23,25,26,27,28)/t14-/m0/s1. The molecule has 1 atom stereocenters. The first-order valence-electron chi connectivity index (χ1n) is 9.34. The van der Waals surface area contributed by atoms with Crippen molar-refractivity contribution in [1.29, 1.82) is 0 Å². The molecule has 3 rings (SSSR count). The molecule has 0 unspecified atom stereocenters. The van der Waals surface area contributed by atoms with E-state index in [0.29, 0.717) is 27.6 Å². The molecule has 2 aromatic heterocycles. The normalized spacial score (nSPS) is 11.9. The lowest BCUT2D eigenvalue weighted by molar-refractivity contribution is -0.119. The van der Waals surface area contributed by atoms with Crippen LogP contribution in [0.1, 0.15) is 20.8 Å². The molecule has 0 aliphatic heterocycles. The second-order valence-corrected chi connectivity index (χ2v) is 7.17. The van der Waals surface area contributed by atoms with Crippen LogP contribution in [0.2, 0.25) is 5.02 Å². The van der Waals surface area contributed by atoms with E-state index < -0.39 is 18.0 Å². The first kappa shape index (κ1) is 21.3. The fraction of sp³-hybridized carbons (Fsp3) is 0.316. The lowest BCUT2D eigenvalue weighted by Gasteiger charge is -2.20. The van der Waals surface area contributed by atoms with Crippen molar-refractivity contribution >= 4 is 52.0 Å². The lowest BCUT2D eigenvalue weighted by atomic mass is 10.0. The number of anilines is 3. The molecule has 0 aliphatic carbocycles. The number of benzene rings is 1. The van der Waals surface area contributed by atoms with E-state index >= 15 is 0 Å². The van der Waals surface area contributed by atoms with E-state index in [4.69, 9.17) is 16.3 Å². The van der Waals surface area contributed by atoms with Crippen LogP contribution in [0.3, 0.4) is 0 Å². The van der Waals surface area contributed by atoms with Crippen molar-refractivity contribution in [1.82, 2.24) is 25.5 Å². The second kappa shape index (κ2) is 9.40. The number of halogens is 1. The Hall–Kier alpha value is -3.40. The Kier molecular flexibility index (Phi) is 6.68. The molecule has 10 nitrogen and oxygen atoms in total. The maximum Gasteiger partial charge on any atom is 0.407 e. The van der Waals surface area contributed by atoms with E-state index in [9.17, 15) is 9.59 Å². The van der Waals surface area contributed by atoms with E-state index in [1.807, 2.05) is 19.9 Å². The molecule has 2 heterocycles. The van der Waals surface area contributed by atoms with Gasteiger partial charge in [-0.1, -0.05) is 31.5 Å². The molecule has 0 radical (unpaired) electrons. The fourth-order valence-electron chi connectivity index (χ4n) is 2.78. The van der Waals surface area contributed by atoms with Crippen molar-refractivity contribution in [3.8, 4) is 0 Å². The number of amides is 2. The molecule has 0 saturated carbocycles. The molecule has 2 amide bonds. The Bertz CT molecular complexity index is 1050. The molecule has 4 N–H and O–H groups in total. The van der Waals surface area contributed by atoms with Crippen LogP contribution in [0.15, 0.2) is 30.6 Å². The molecule has 11 heteroatoms. The molecule has 0 spiro atoms. The third kappa shape index (κ3) is 4.95. The zero-order valence-corrected chi connectivity index (χ0v) is 17.4. The molecule has 0 fully saturated rings. The number of H-pyrrole nitrogens is 1. The molecule has 1 aromatic carbocycles. The Balaban J connectivity index is 1.87. The summed E-state index contributed by atoms with van der Waals surface area (Å²) >= 11 is 6.04. The summed E-state index contributed by atoms with van der Waals surface area (Å²) < 4.78 is 4.88. The third-order valence-corrected chi connectivity index (χ3v) is 4.42. The van der Waals surface area contributed by atoms with Gasteiger partial charge in [-0.3, -0.25) is 9.89 Å². The van der Waals surface area contributed by atoms with Crippen LogP contribution in [0.4, 0.5) is 22.1 Å². The van der Waals surface area contributed by atoms with Gasteiger partial charge in [-0.2, -0.15) is 5.10 Å². The topological polar surface area (TPSA) is 134 Å². The van der Waals surface area contributed by atoms with Crippen LogP contribution < -0.4 is 16.0 Å². The van der Waals surface area contributed by atoms with E-state index in [1.54, 1.807) is 25.1 Å². The summed E-state index contributed by atoms with van der Waals surface area (Å²) in [5, 5.41) is 16.4. The number of nitrogens with one attached hydrogen (secondary N) is 4. The Morgan fingerprint density at radius 3 is 2.73 bits per heavy atom. The van der Waals surface area contributed by atoms with Crippen LogP contribution >= 0.6 is 11.6 Å². The highest BCUT2D eigenvalue weighted by molar-refractivity contribution is 6.30. The van der Waals surface area contributed by atoms with Crippen LogP contribution in [-0.4, -0.2) is 44.8 Å². The molecule has 30 heavy (non-hydrogen) atoms. The average Bonchev–Trinajstić information content (AvgIpc) is 3.10. The van der Waals surface area contributed by atoms with Crippen molar-refractivity contribution in [3.05, 3.63) is 35.6 Å². The SMILES string of the molecule is CCOC(=O)N[C@H](C(=O)Nc1n[nH]c2ncnc(Nc3cccc(Cl)c3)c12)C(C)C. The van der Waals surface area contributed by atoms with E-state index in [-0.39, 0.29) is 18.3 Å². The van der Waals surface area contributed by atoms with Gasteiger partial charge in [0.15, 0.2) is 11.5 Å². The molecule has 0 aliphatic rings. The van der Waals surface area contributed by atoms with Gasteiger partial charge in [0, 0.05) is 10.7 Å². The summed E-state index contributed by atoms with van der Waals surface area (Å²) in [7, 11) is 0. The minimum absolute atomic E-state index is 0.181. The first-order valence-corrected chi connectivity index (χ1v) is 9.72. The largest absolute Gasteiger partial charge is 0.450 e. The number of fused-ring (bicyclic) bond motifs is 1. The van der Waals surface area contributed by atoms with Crippen LogP contribution in [0.25, 0.3) is 11.0 Å². The molecule has 158 valence electrons. The first-order chi connectivity index (χ1) is 14.4. The minimum Gasteiger partial charge on any atom is -0.450 e. The quantitative estimate of drug-likeness (QED) is 0.450. The zero-order chi connectivity index (χ0) is 21.7. The summed E-state index contributed by atoms with van der Waals surface area (Å²) in [6.45, 7) is 5.52. The Morgan fingerprint density at radius 2 is 2.03 bits per heavy atom. The van der Waals surface area contributed by atoms with Crippen molar-refractivity contribution < 1.29 is 14.3 Å². The van der Waals surface area contributed by atoms with Crippen molar-refractivity contribution in [2.24, 2.45) is 5.92 Å². The van der Waals surface area contributed by atoms with E-state index in [2.05, 4.69) is 36.1 Å². The Labute approximate surface area is 177 Å². The number of ether oxygens (including phenoxy) is 1. The van der Waals surface area contributed by atoms with Crippen LogP contribution in [-0.2, 0) is 9.53 Å². The van der Waals surface area contributed by atoms with Crippen molar-refractivity contribution in [2.45, 2.75) is 26.8 Å². The minimum atomic E-state index is -0.815. The predicted molar refractivity (Wildman–Crippen MR) is 114 cm³/mol.